The molecule has 0 aliphatic carbocycles. The fourth-order valence-electron chi connectivity index (χ4n) is 1.76. The minimum Gasteiger partial charge on any atom is -0.508 e. The van der Waals surface area contributed by atoms with Crippen LogP contribution in [0.4, 0.5) is 5.69 Å². The highest BCUT2D eigenvalue weighted by Gasteiger charge is 2.15. The maximum Gasteiger partial charge on any atom is 0.258 e. The Hall–Kier alpha value is -2.36. The van der Waals surface area contributed by atoms with Gasteiger partial charge in [-0.2, -0.15) is 0 Å². The van der Waals surface area contributed by atoms with Gasteiger partial charge in [-0.25, -0.2) is 0 Å². The van der Waals surface area contributed by atoms with E-state index in [4.69, 9.17) is 0 Å². The fourth-order valence-corrected chi connectivity index (χ4v) is 1.76. The molecule has 1 N–H and O–H groups in total. The second-order valence-electron chi connectivity index (χ2n) is 3.81. The Morgan fingerprint density at radius 2 is 2.00 bits per heavy atom. The SMILES string of the molecule is CCN(C(=O)c1cccc(O)c1)c1ccncc1. The van der Waals surface area contributed by atoms with Crippen LogP contribution in [0.2, 0.25) is 0 Å². The van der Waals surface area contributed by atoms with Crippen molar-refractivity contribution in [1.82, 2.24) is 4.98 Å². The fraction of sp³-hybridized carbons (Fsp3) is 0.143. The molecule has 92 valence electrons. The number of anilines is 1. The molecule has 0 saturated carbocycles. The van der Waals surface area contributed by atoms with Crippen molar-refractivity contribution in [2.45, 2.75) is 6.92 Å². The lowest BCUT2D eigenvalue weighted by molar-refractivity contribution is 0.0988. The molecule has 0 aliphatic heterocycles. The Kier molecular flexibility index (Phi) is 3.57. The third kappa shape index (κ3) is 2.48. The van der Waals surface area contributed by atoms with Crippen molar-refractivity contribution in [2.75, 3.05) is 11.4 Å². The predicted octanol–water partition coefficient (Wildman–Crippen LogP) is 2.45. The first-order valence-corrected chi connectivity index (χ1v) is 5.73. The molecule has 0 fully saturated rings. The molecule has 2 rings (SSSR count). The molecule has 0 spiro atoms. The lowest BCUT2D eigenvalue weighted by atomic mass is 10.1. The maximum absolute atomic E-state index is 12.3. The van der Waals surface area contributed by atoms with E-state index >= 15 is 0 Å². The predicted molar refractivity (Wildman–Crippen MR) is 69.7 cm³/mol. The van der Waals surface area contributed by atoms with Crippen molar-refractivity contribution >= 4 is 11.6 Å². The number of rotatable bonds is 3. The highest BCUT2D eigenvalue weighted by molar-refractivity contribution is 6.06. The van der Waals surface area contributed by atoms with E-state index in [0.717, 1.165) is 5.69 Å². The molecular formula is C14H14N2O2. The number of carbonyl (C=O) groups is 1. The van der Waals surface area contributed by atoms with Gasteiger partial charge in [-0.15, -0.1) is 0 Å². The van der Waals surface area contributed by atoms with Gasteiger partial charge in [0.15, 0.2) is 0 Å². The number of carbonyl (C=O) groups excluding carboxylic acids is 1. The third-order valence-corrected chi connectivity index (χ3v) is 2.63. The molecule has 0 radical (unpaired) electrons. The van der Waals surface area contributed by atoms with Crippen molar-refractivity contribution in [2.24, 2.45) is 0 Å². The van der Waals surface area contributed by atoms with Gasteiger partial charge in [0, 0.05) is 30.2 Å². The molecule has 0 bridgehead atoms. The Bertz CT molecular complexity index is 541. The lowest BCUT2D eigenvalue weighted by Gasteiger charge is -2.20. The van der Waals surface area contributed by atoms with E-state index in [1.165, 1.54) is 6.07 Å². The zero-order chi connectivity index (χ0) is 13.0. The van der Waals surface area contributed by atoms with Crippen molar-refractivity contribution in [3.8, 4) is 5.75 Å². The van der Waals surface area contributed by atoms with E-state index < -0.39 is 0 Å². The summed E-state index contributed by atoms with van der Waals surface area (Å²) in [7, 11) is 0. The second-order valence-corrected chi connectivity index (χ2v) is 3.81. The number of benzene rings is 1. The smallest absolute Gasteiger partial charge is 0.258 e. The van der Waals surface area contributed by atoms with Crippen LogP contribution in [-0.4, -0.2) is 22.5 Å². The van der Waals surface area contributed by atoms with Crippen LogP contribution in [0.1, 0.15) is 17.3 Å². The van der Waals surface area contributed by atoms with Crippen LogP contribution >= 0.6 is 0 Å². The van der Waals surface area contributed by atoms with Crippen LogP contribution < -0.4 is 4.90 Å². The standard InChI is InChI=1S/C14H14N2O2/c1-2-16(12-6-8-15-9-7-12)14(18)11-4-3-5-13(17)10-11/h3-10,17H,2H2,1H3. The van der Waals surface area contributed by atoms with E-state index in [-0.39, 0.29) is 11.7 Å². The van der Waals surface area contributed by atoms with E-state index in [1.807, 2.05) is 6.92 Å². The van der Waals surface area contributed by atoms with Gasteiger partial charge in [0.05, 0.1) is 0 Å². The summed E-state index contributed by atoms with van der Waals surface area (Å²) in [5.41, 5.74) is 1.26. The van der Waals surface area contributed by atoms with Crippen molar-refractivity contribution < 1.29 is 9.90 Å². The first-order chi connectivity index (χ1) is 8.72. The Labute approximate surface area is 106 Å². The van der Waals surface area contributed by atoms with Crippen LogP contribution in [0, 0.1) is 0 Å². The number of pyridine rings is 1. The molecule has 4 nitrogen and oxygen atoms in total. The number of aromatic hydroxyl groups is 1. The van der Waals surface area contributed by atoms with Gasteiger partial charge in [-0.05, 0) is 37.3 Å². The lowest BCUT2D eigenvalue weighted by Crippen LogP contribution is -2.30. The summed E-state index contributed by atoms with van der Waals surface area (Å²) < 4.78 is 0. The first-order valence-electron chi connectivity index (χ1n) is 5.73. The van der Waals surface area contributed by atoms with Crippen molar-refractivity contribution in [3.05, 3.63) is 54.4 Å². The minimum absolute atomic E-state index is 0.0895. The van der Waals surface area contributed by atoms with Crippen LogP contribution in [-0.2, 0) is 0 Å². The normalized spacial score (nSPS) is 10.1. The molecule has 2 aromatic rings. The van der Waals surface area contributed by atoms with Gasteiger partial charge in [-0.3, -0.25) is 9.78 Å². The number of phenols is 1. The molecule has 1 amide bonds. The van der Waals surface area contributed by atoms with Crippen LogP contribution in [0.5, 0.6) is 5.75 Å². The van der Waals surface area contributed by atoms with Gasteiger partial charge in [0.1, 0.15) is 5.75 Å². The van der Waals surface area contributed by atoms with Crippen LogP contribution in [0.25, 0.3) is 0 Å². The van der Waals surface area contributed by atoms with E-state index in [2.05, 4.69) is 4.98 Å². The molecule has 0 unspecified atom stereocenters. The zero-order valence-electron chi connectivity index (χ0n) is 10.1. The monoisotopic (exact) mass is 242 g/mol. The zero-order valence-corrected chi connectivity index (χ0v) is 10.1. The van der Waals surface area contributed by atoms with Gasteiger partial charge >= 0.3 is 0 Å². The van der Waals surface area contributed by atoms with Crippen molar-refractivity contribution in [3.63, 3.8) is 0 Å². The number of amides is 1. The highest BCUT2D eigenvalue weighted by atomic mass is 16.3. The third-order valence-electron chi connectivity index (χ3n) is 2.63. The van der Waals surface area contributed by atoms with Gasteiger partial charge in [0.25, 0.3) is 5.91 Å². The number of hydrogen-bond acceptors (Lipinski definition) is 3. The Morgan fingerprint density at radius 3 is 2.61 bits per heavy atom. The van der Waals surface area contributed by atoms with E-state index in [9.17, 15) is 9.90 Å². The summed E-state index contributed by atoms with van der Waals surface area (Å²) in [4.78, 5) is 17.9. The number of nitrogens with zero attached hydrogens (tertiary/aromatic N) is 2. The molecule has 4 heteroatoms. The molecule has 0 atom stereocenters. The molecule has 1 heterocycles. The Balaban J connectivity index is 2.32. The summed E-state index contributed by atoms with van der Waals surface area (Å²) in [6.45, 7) is 2.46. The molecule has 1 aromatic heterocycles. The van der Waals surface area contributed by atoms with Crippen molar-refractivity contribution in [1.29, 1.82) is 0 Å². The van der Waals surface area contributed by atoms with E-state index in [0.29, 0.717) is 12.1 Å². The molecule has 18 heavy (non-hydrogen) atoms. The topological polar surface area (TPSA) is 53.4 Å². The average molecular weight is 242 g/mol. The number of phenolic OH excluding ortho intramolecular Hbond substituents is 1. The number of aromatic nitrogens is 1. The molecular weight excluding hydrogens is 228 g/mol. The summed E-state index contributed by atoms with van der Waals surface area (Å²) in [5.74, 6) is -0.0498. The summed E-state index contributed by atoms with van der Waals surface area (Å²) in [5, 5.41) is 9.41. The first kappa shape index (κ1) is 12.1. The minimum atomic E-state index is -0.139. The van der Waals surface area contributed by atoms with Gasteiger partial charge in [-0.1, -0.05) is 6.07 Å². The summed E-state index contributed by atoms with van der Waals surface area (Å²) >= 11 is 0. The maximum atomic E-state index is 12.3. The number of hydrogen-bond donors (Lipinski definition) is 1. The Morgan fingerprint density at radius 1 is 1.28 bits per heavy atom. The average Bonchev–Trinajstić information content (AvgIpc) is 2.41. The van der Waals surface area contributed by atoms with Gasteiger partial charge < -0.3 is 10.0 Å². The quantitative estimate of drug-likeness (QED) is 0.899. The van der Waals surface area contributed by atoms with Crippen LogP contribution in [0.15, 0.2) is 48.8 Å². The van der Waals surface area contributed by atoms with Gasteiger partial charge in [0.2, 0.25) is 0 Å². The second kappa shape index (κ2) is 5.31. The molecule has 0 aliphatic rings. The molecule has 0 saturated heterocycles. The summed E-state index contributed by atoms with van der Waals surface area (Å²) in [6, 6.07) is 9.91. The van der Waals surface area contributed by atoms with E-state index in [1.54, 1.807) is 47.6 Å². The summed E-state index contributed by atoms with van der Waals surface area (Å²) in [6.07, 6.45) is 3.29. The van der Waals surface area contributed by atoms with Crippen LogP contribution in [0.3, 0.4) is 0 Å². The highest BCUT2D eigenvalue weighted by Crippen LogP contribution is 2.18. The largest absolute Gasteiger partial charge is 0.508 e. The molecule has 1 aromatic carbocycles.